The molecule has 1 aromatic rings. The van der Waals surface area contributed by atoms with Crippen LogP contribution in [-0.2, 0) is 6.42 Å². The third kappa shape index (κ3) is 4.58. The van der Waals surface area contributed by atoms with Crippen molar-refractivity contribution in [1.29, 1.82) is 0 Å². The van der Waals surface area contributed by atoms with Crippen molar-refractivity contribution in [2.45, 2.75) is 20.3 Å². The molecule has 0 radical (unpaired) electrons. The summed E-state index contributed by atoms with van der Waals surface area (Å²) < 4.78 is 0. The third-order valence-corrected chi connectivity index (χ3v) is 2.30. The van der Waals surface area contributed by atoms with Crippen LogP contribution in [0, 0.1) is 0 Å². The van der Waals surface area contributed by atoms with E-state index in [0.29, 0.717) is 0 Å². The van der Waals surface area contributed by atoms with E-state index in [1.807, 2.05) is 18.3 Å². The van der Waals surface area contributed by atoms with Crippen molar-refractivity contribution >= 4 is 12.4 Å². The highest BCUT2D eigenvalue weighted by molar-refractivity contribution is 5.85. The number of pyridine rings is 1. The Morgan fingerprint density at radius 1 is 1.21 bits per heavy atom. The zero-order chi connectivity index (χ0) is 9.52. The normalized spacial score (nSPS) is 9.93. The Bertz CT molecular complexity index is 222. The van der Waals surface area contributed by atoms with Crippen LogP contribution < -0.4 is 0 Å². The monoisotopic (exact) mass is 214 g/mol. The molecule has 0 unspecified atom stereocenters. The summed E-state index contributed by atoms with van der Waals surface area (Å²) >= 11 is 0. The maximum absolute atomic E-state index is 4.29. The van der Waals surface area contributed by atoms with Gasteiger partial charge in [0.1, 0.15) is 0 Å². The van der Waals surface area contributed by atoms with E-state index in [2.05, 4.69) is 29.8 Å². The summed E-state index contributed by atoms with van der Waals surface area (Å²) in [5.41, 5.74) is 1.19. The lowest BCUT2D eigenvalue weighted by Crippen LogP contribution is -2.25. The zero-order valence-corrected chi connectivity index (χ0v) is 9.76. The van der Waals surface area contributed by atoms with E-state index in [0.717, 1.165) is 26.1 Å². The molecule has 1 heterocycles. The van der Waals surface area contributed by atoms with E-state index in [1.54, 1.807) is 0 Å². The Labute approximate surface area is 92.8 Å². The fourth-order valence-corrected chi connectivity index (χ4v) is 1.36. The maximum atomic E-state index is 4.29. The fourth-order valence-electron chi connectivity index (χ4n) is 1.36. The molecule has 0 aliphatic heterocycles. The number of likely N-dealkylation sites (N-methyl/N-ethyl adjacent to an activating group) is 1. The predicted octanol–water partition coefficient (Wildman–Crippen LogP) is 2.39. The van der Waals surface area contributed by atoms with Crippen molar-refractivity contribution in [3.63, 3.8) is 0 Å². The number of halogens is 1. The second-order valence-corrected chi connectivity index (χ2v) is 3.10. The first-order valence-corrected chi connectivity index (χ1v) is 4.99. The van der Waals surface area contributed by atoms with Crippen LogP contribution in [-0.4, -0.2) is 29.5 Å². The maximum Gasteiger partial charge on any atom is 0.0416 e. The molecule has 1 aromatic heterocycles. The van der Waals surface area contributed by atoms with Gasteiger partial charge in [-0.05, 0) is 25.2 Å². The average Bonchev–Trinajstić information content (AvgIpc) is 2.21. The van der Waals surface area contributed by atoms with Crippen LogP contribution in [0.5, 0.6) is 0 Å². The molecule has 0 saturated carbocycles. The van der Waals surface area contributed by atoms with Gasteiger partial charge in [-0.15, -0.1) is 12.4 Å². The number of rotatable bonds is 5. The highest BCUT2D eigenvalue weighted by Gasteiger charge is 1.99. The zero-order valence-electron chi connectivity index (χ0n) is 8.94. The third-order valence-electron chi connectivity index (χ3n) is 2.30. The van der Waals surface area contributed by atoms with Gasteiger partial charge < -0.3 is 4.90 Å². The fraction of sp³-hybridized carbons (Fsp3) is 0.545. The predicted molar refractivity (Wildman–Crippen MR) is 63.0 cm³/mol. The molecule has 0 spiro atoms. The summed E-state index contributed by atoms with van der Waals surface area (Å²) in [5.74, 6) is 0. The first-order valence-electron chi connectivity index (χ1n) is 4.99. The minimum absolute atomic E-state index is 0. The lowest BCUT2D eigenvalue weighted by Gasteiger charge is -2.17. The number of aromatic nitrogens is 1. The van der Waals surface area contributed by atoms with Gasteiger partial charge in [0.05, 0.1) is 0 Å². The molecule has 0 saturated heterocycles. The van der Waals surface area contributed by atoms with E-state index in [1.165, 1.54) is 5.69 Å². The molecule has 1 rings (SSSR count). The van der Waals surface area contributed by atoms with Crippen LogP contribution in [0.25, 0.3) is 0 Å². The van der Waals surface area contributed by atoms with Crippen LogP contribution in [0.4, 0.5) is 0 Å². The van der Waals surface area contributed by atoms with Crippen molar-refractivity contribution in [2.75, 3.05) is 19.6 Å². The van der Waals surface area contributed by atoms with E-state index in [4.69, 9.17) is 0 Å². The number of nitrogens with zero attached hydrogens (tertiary/aromatic N) is 2. The molecule has 0 aliphatic carbocycles. The molecule has 2 nitrogen and oxygen atoms in total. The second kappa shape index (κ2) is 7.77. The van der Waals surface area contributed by atoms with Gasteiger partial charge in [0.15, 0.2) is 0 Å². The van der Waals surface area contributed by atoms with Gasteiger partial charge in [0.2, 0.25) is 0 Å². The molecule has 0 fully saturated rings. The van der Waals surface area contributed by atoms with Crippen LogP contribution >= 0.6 is 12.4 Å². The summed E-state index contributed by atoms with van der Waals surface area (Å²) in [4.78, 5) is 6.70. The number of hydrogen-bond donors (Lipinski definition) is 0. The van der Waals surface area contributed by atoms with Crippen molar-refractivity contribution in [2.24, 2.45) is 0 Å². The molecule has 0 aromatic carbocycles. The summed E-state index contributed by atoms with van der Waals surface area (Å²) in [7, 11) is 0. The quantitative estimate of drug-likeness (QED) is 0.749. The highest BCUT2D eigenvalue weighted by Crippen LogP contribution is 1.97. The number of hydrogen-bond acceptors (Lipinski definition) is 2. The largest absolute Gasteiger partial charge is 0.303 e. The average molecular weight is 215 g/mol. The van der Waals surface area contributed by atoms with E-state index in [-0.39, 0.29) is 12.4 Å². The van der Waals surface area contributed by atoms with Crippen molar-refractivity contribution in [3.8, 4) is 0 Å². The van der Waals surface area contributed by atoms with Crippen LogP contribution in [0.2, 0.25) is 0 Å². The summed E-state index contributed by atoms with van der Waals surface area (Å²) in [6.07, 6.45) is 2.92. The smallest absolute Gasteiger partial charge is 0.0416 e. The van der Waals surface area contributed by atoms with Gasteiger partial charge in [0.25, 0.3) is 0 Å². The van der Waals surface area contributed by atoms with Crippen LogP contribution in [0.15, 0.2) is 24.4 Å². The molecule has 0 bridgehead atoms. The van der Waals surface area contributed by atoms with Gasteiger partial charge in [-0.1, -0.05) is 19.9 Å². The Hall–Kier alpha value is -0.600. The minimum atomic E-state index is 0. The van der Waals surface area contributed by atoms with Crippen LogP contribution in [0.3, 0.4) is 0 Å². The second-order valence-electron chi connectivity index (χ2n) is 3.10. The lowest BCUT2D eigenvalue weighted by atomic mass is 10.2. The Balaban J connectivity index is 0.00000169. The van der Waals surface area contributed by atoms with Crippen molar-refractivity contribution in [3.05, 3.63) is 30.1 Å². The van der Waals surface area contributed by atoms with Crippen molar-refractivity contribution in [1.82, 2.24) is 9.88 Å². The molecular formula is C11H19ClN2. The molecule has 80 valence electrons. The first kappa shape index (κ1) is 13.4. The molecule has 0 aliphatic rings. The molecular weight excluding hydrogens is 196 g/mol. The molecule has 0 N–H and O–H groups in total. The van der Waals surface area contributed by atoms with Crippen LogP contribution in [0.1, 0.15) is 19.5 Å². The lowest BCUT2D eigenvalue weighted by molar-refractivity contribution is 0.307. The molecule has 3 heteroatoms. The highest BCUT2D eigenvalue weighted by atomic mass is 35.5. The van der Waals surface area contributed by atoms with Gasteiger partial charge in [-0.3, -0.25) is 4.98 Å². The Kier molecular flexibility index (Phi) is 7.44. The summed E-state index contributed by atoms with van der Waals surface area (Å²) in [6.45, 7) is 7.76. The first-order chi connectivity index (χ1) is 6.36. The standard InChI is InChI=1S/C11H18N2.ClH/c1-3-13(4-2)10-8-11-7-5-6-9-12-11;/h5-7,9H,3-4,8,10H2,1-2H3;1H. The van der Waals surface area contributed by atoms with Crippen molar-refractivity contribution < 1.29 is 0 Å². The van der Waals surface area contributed by atoms with E-state index >= 15 is 0 Å². The molecule has 14 heavy (non-hydrogen) atoms. The topological polar surface area (TPSA) is 16.1 Å². The van der Waals surface area contributed by atoms with E-state index in [9.17, 15) is 0 Å². The van der Waals surface area contributed by atoms with Gasteiger partial charge in [0, 0.05) is 24.9 Å². The summed E-state index contributed by atoms with van der Waals surface area (Å²) in [5, 5.41) is 0. The Morgan fingerprint density at radius 2 is 1.93 bits per heavy atom. The van der Waals surface area contributed by atoms with E-state index < -0.39 is 0 Å². The minimum Gasteiger partial charge on any atom is -0.303 e. The van der Waals surface area contributed by atoms with Gasteiger partial charge in [-0.2, -0.15) is 0 Å². The molecule has 0 atom stereocenters. The van der Waals surface area contributed by atoms with Gasteiger partial charge >= 0.3 is 0 Å². The molecule has 0 amide bonds. The SMILES string of the molecule is CCN(CC)CCc1ccccn1.Cl. The Morgan fingerprint density at radius 3 is 2.43 bits per heavy atom. The summed E-state index contributed by atoms with van der Waals surface area (Å²) in [6, 6.07) is 6.09. The van der Waals surface area contributed by atoms with Gasteiger partial charge in [-0.25, -0.2) is 0 Å².